The molecule has 6 saturated carbocycles. The van der Waals surface area contributed by atoms with Crippen LogP contribution in [0.3, 0.4) is 0 Å². The van der Waals surface area contributed by atoms with Crippen LogP contribution in [-0.4, -0.2) is 49.3 Å². The maximum atomic E-state index is 13.6. The van der Waals surface area contributed by atoms with Crippen LogP contribution < -0.4 is 0 Å². The Morgan fingerprint density at radius 3 is 1.63 bits per heavy atom. The summed E-state index contributed by atoms with van der Waals surface area (Å²) in [6, 6.07) is 0. The fourth-order valence-electron chi connectivity index (χ4n) is 8.34. The Labute approximate surface area is 226 Å². The maximum absolute atomic E-state index is 13.6. The minimum atomic E-state index is -0.915. The Kier molecular flexibility index (Phi) is 8.20. The highest BCUT2D eigenvalue weighted by atomic mass is 16.7. The topological polar surface area (TPSA) is 97.4 Å². The molecule has 38 heavy (non-hydrogen) atoms. The van der Waals surface area contributed by atoms with Gasteiger partial charge in [0.2, 0.25) is 0 Å². The lowest BCUT2D eigenvalue weighted by molar-refractivity contribution is -0.241. The van der Waals surface area contributed by atoms with Crippen LogP contribution in [0, 0.1) is 16.7 Å². The van der Waals surface area contributed by atoms with Gasteiger partial charge in [-0.2, -0.15) is 0 Å². The standard InChI is InChI=1S/C30H44O8/c1-21(2)25(31)38-30-15-22-13-28(17-30,26(32)36-19-34-23-9-5-3-6-10-23)16-29(14-22,18-30)27(33)37-20-35-24-11-7-4-8-12-24/h22-24H,1,3-20H2,2H3. The highest BCUT2D eigenvalue weighted by Crippen LogP contribution is 2.68. The third-order valence-electron chi connectivity index (χ3n) is 9.63. The molecule has 4 bridgehead atoms. The minimum Gasteiger partial charge on any atom is -0.456 e. The van der Waals surface area contributed by atoms with Crippen molar-refractivity contribution in [1.82, 2.24) is 0 Å². The van der Waals surface area contributed by atoms with Crippen LogP contribution in [0.5, 0.6) is 0 Å². The average molecular weight is 533 g/mol. The van der Waals surface area contributed by atoms with E-state index in [-0.39, 0.29) is 43.7 Å². The van der Waals surface area contributed by atoms with Crippen LogP contribution in [0.15, 0.2) is 12.2 Å². The van der Waals surface area contributed by atoms with E-state index in [4.69, 9.17) is 23.7 Å². The van der Waals surface area contributed by atoms with Gasteiger partial charge in [-0.1, -0.05) is 45.1 Å². The number of carbonyl (C=O) groups is 3. The lowest BCUT2D eigenvalue weighted by atomic mass is 9.42. The van der Waals surface area contributed by atoms with Gasteiger partial charge >= 0.3 is 17.9 Å². The van der Waals surface area contributed by atoms with Gasteiger partial charge < -0.3 is 23.7 Å². The summed E-state index contributed by atoms with van der Waals surface area (Å²) in [5.41, 5.74) is -2.43. The lowest BCUT2D eigenvalue weighted by Gasteiger charge is -2.63. The van der Waals surface area contributed by atoms with Crippen LogP contribution in [-0.2, 0) is 38.1 Å². The molecule has 0 radical (unpaired) electrons. The number of ether oxygens (including phenoxy) is 5. The second-order valence-electron chi connectivity index (χ2n) is 12.9. The molecule has 2 unspecified atom stereocenters. The van der Waals surface area contributed by atoms with Gasteiger partial charge in [-0.25, -0.2) is 4.79 Å². The van der Waals surface area contributed by atoms with Crippen molar-refractivity contribution < 1.29 is 38.1 Å². The van der Waals surface area contributed by atoms with Crippen LogP contribution in [0.25, 0.3) is 0 Å². The molecule has 6 aliphatic rings. The predicted molar refractivity (Wildman–Crippen MR) is 138 cm³/mol. The fourth-order valence-corrected chi connectivity index (χ4v) is 8.34. The lowest BCUT2D eigenvalue weighted by Crippen LogP contribution is -2.65. The molecule has 6 aliphatic carbocycles. The molecule has 0 amide bonds. The van der Waals surface area contributed by atoms with E-state index in [9.17, 15) is 14.4 Å². The molecule has 212 valence electrons. The fraction of sp³-hybridized carbons (Fsp3) is 0.833. The predicted octanol–water partition coefficient (Wildman–Crippen LogP) is 5.51. The van der Waals surface area contributed by atoms with Gasteiger partial charge in [-0.3, -0.25) is 9.59 Å². The summed E-state index contributed by atoms with van der Waals surface area (Å²) in [5, 5.41) is 0. The molecule has 8 nitrogen and oxygen atoms in total. The number of hydrogen-bond donors (Lipinski definition) is 0. The highest BCUT2D eigenvalue weighted by molar-refractivity contribution is 5.88. The summed E-state index contributed by atoms with van der Waals surface area (Å²) < 4.78 is 29.2. The Morgan fingerprint density at radius 2 is 1.18 bits per heavy atom. The highest BCUT2D eigenvalue weighted by Gasteiger charge is 2.70. The molecule has 0 saturated heterocycles. The van der Waals surface area contributed by atoms with Crippen LogP contribution >= 0.6 is 0 Å². The van der Waals surface area contributed by atoms with E-state index in [2.05, 4.69) is 6.58 Å². The second-order valence-corrected chi connectivity index (χ2v) is 12.9. The molecule has 0 aliphatic heterocycles. The number of rotatable bonds is 10. The first-order valence-corrected chi connectivity index (χ1v) is 14.7. The summed E-state index contributed by atoms with van der Waals surface area (Å²) in [4.78, 5) is 40.0. The zero-order valence-corrected chi connectivity index (χ0v) is 22.9. The van der Waals surface area contributed by atoms with Crippen molar-refractivity contribution in [2.45, 2.75) is 127 Å². The molecule has 6 fully saturated rings. The van der Waals surface area contributed by atoms with Gasteiger partial charge in [0.25, 0.3) is 0 Å². The van der Waals surface area contributed by atoms with E-state index in [1.807, 2.05) is 0 Å². The molecular formula is C30H44O8. The monoisotopic (exact) mass is 532 g/mol. The van der Waals surface area contributed by atoms with Gasteiger partial charge in [0.15, 0.2) is 13.6 Å². The van der Waals surface area contributed by atoms with Gasteiger partial charge in [-0.05, 0) is 64.2 Å². The van der Waals surface area contributed by atoms with E-state index in [1.165, 1.54) is 12.8 Å². The van der Waals surface area contributed by atoms with Crippen LogP contribution in [0.2, 0.25) is 0 Å². The van der Waals surface area contributed by atoms with Crippen molar-refractivity contribution >= 4 is 17.9 Å². The first kappa shape index (κ1) is 27.6. The minimum absolute atomic E-state index is 0.0581. The summed E-state index contributed by atoms with van der Waals surface area (Å²) >= 11 is 0. The quantitative estimate of drug-likeness (QED) is 0.157. The summed E-state index contributed by atoms with van der Waals surface area (Å²) in [5.74, 6) is -1.14. The summed E-state index contributed by atoms with van der Waals surface area (Å²) in [7, 11) is 0. The molecule has 2 atom stereocenters. The molecule has 0 aromatic heterocycles. The molecule has 0 heterocycles. The Hall–Kier alpha value is -1.93. The SMILES string of the molecule is C=C(C)C(=O)OC12CC3CC(C(=O)OCOC4CCCCC4)(C1)CC(C(=O)OCOC1CCCCC1)(C3)C2. The van der Waals surface area contributed by atoms with E-state index in [0.717, 1.165) is 51.4 Å². The zero-order valence-electron chi connectivity index (χ0n) is 22.9. The van der Waals surface area contributed by atoms with Crippen molar-refractivity contribution in [2.24, 2.45) is 16.7 Å². The molecule has 8 heteroatoms. The van der Waals surface area contributed by atoms with Crippen LogP contribution in [0.4, 0.5) is 0 Å². The normalized spacial score (nSPS) is 35.0. The maximum Gasteiger partial charge on any atom is 0.333 e. The molecule has 0 aromatic rings. The molecule has 0 spiro atoms. The smallest absolute Gasteiger partial charge is 0.333 e. The third kappa shape index (κ3) is 5.81. The van der Waals surface area contributed by atoms with Crippen LogP contribution in [0.1, 0.15) is 110 Å². The second kappa shape index (κ2) is 11.3. The largest absolute Gasteiger partial charge is 0.456 e. The third-order valence-corrected chi connectivity index (χ3v) is 9.63. The molecular weight excluding hydrogens is 488 g/mol. The molecule has 0 aromatic carbocycles. The van der Waals surface area contributed by atoms with Crippen molar-refractivity contribution in [2.75, 3.05) is 13.6 Å². The van der Waals surface area contributed by atoms with Crippen molar-refractivity contribution in [3.05, 3.63) is 12.2 Å². The van der Waals surface area contributed by atoms with Gasteiger partial charge in [-0.15, -0.1) is 0 Å². The van der Waals surface area contributed by atoms with Crippen molar-refractivity contribution in [1.29, 1.82) is 0 Å². The molecule has 6 rings (SSSR count). The van der Waals surface area contributed by atoms with E-state index in [1.54, 1.807) is 6.92 Å². The van der Waals surface area contributed by atoms with Gasteiger partial charge in [0.05, 0.1) is 23.0 Å². The van der Waals surface area contributed by atoms with Gasteiger partial charge in [0, 0.05) is 18.4 Å². The Morgan fingerprint density at radius 1 is 0.711 bits per heavy atom. The summed E-state index contributed by atoms with van der Waals surface area (Å²) in [6.07, 6.45) is 14.1. The van der Waals surface area contributed by atoms with Crippen molar-refractivity contribution in [3.8, 4) is 0 Å². The number of esters is 3. The van der Waals surface area contributed by atoms with Crippen molar-refractivity contribution in [3.63, 3.8) is 0 Å². The number of hydrogen-bond acceptors (Lipinski definition) is 8. The molecule has 0 N–H and O–H groups in total. The first-order valence-electron chi connectivity index (χ1n) is 14.7. The first-order chi connectivity index (χ1) is 18.2. The van der Waals surface area contributed by atoms with Gasteiger partial charge in [0.1, 0.15) is 5.60 Å². The van der Waals surface area contributed by atoms with E-state index < -0.39 is 22.4 Å². The van der Waals surface area contributed by atoms with E-state index in [0.29, 0.717) is 44.1 Å². The summed E-state index contributed by atoms with van der Waals surface area (Å²) in [6.45, 7) is 5.19. The average Bonchev–Trinajstić information content (AvgIpc) is 2.88. The Balaban J connectivity index is 1.29. The number of carbonyl (C=O) groups excluding carboxylic acids is 3. The zero-order chi connectivity index (χ0) is 26.8. The van der Waals surface area contributed by atoms with E-state index >= 15 is 0 Å². The Bertz CT molecular complexity index is 863.